The van der Waals surface area contributed by atoms with E-state index in [4.69, 9.17) is 4.42 Å². The average Bonchev–Trinajstić information content (AvgIpc) is 3.01. The molecule has 6 nitrogen and oxygen atoms in total. The molecule has 1 aromatic heterocycles. The maximum atomic E-state index is 12.3. The van der Waals surface area contributed by atoms with Crippen molar-refractivity contribution in [1.29, 1.82) is 0 Å². The number of nitrogens with zero attached hydrogens (tertiary/aromatic N) is 2. The Kier molecular flexibility index (Phi) is 4.75. The fraction of sp³-hybridized carbons (Fsp3) is 0.667. The number of rotatable bonds is 4. The second-order valence-corrected chi connectivity index (χ2v) is 9.23. The molecule has 0 aromatic carbocycles. The number of piperazine rings is 1. The Balaban J connectivity index is 1.79. The smallest absolute Gasteiger partial charge is 0.232 e. The minimum absolute atomic E-state index is 0.0399. The Labute approximate surface area is 141 Å². The fourth-order valence-corrected chi connectivity index (χ4v) is 5.93. The van der Waals surface area contributed by atoms with Crippen LogP contribution in [0.4, 0.5) is 0 Å². The molecule has 128 valence electrons. The third kappa shape index (κ3) is 3.59. The van der Waals surface area contributed by atoms with Crippen molar-refractivity contribution in [2.75, 3.05) is 36.6 Å². The molecule has 2 saturated heterocycles. The third-order valence-corrected chi connectivity index (χ3v) is 6.77. The van der Waals surface area contributed by atoms with Crippen LogP contribution in [0, 0.1) is 6.92 Å². The Morgan fingerprint density at radius 3 is 2.70 bits per heavy atom. The van der Waals surface area contributed by atoms with Gasteiger partial charge in [-0.05, 0) is 25.3 Å². The zero-order chi connectivity index (χ0) is 16.6. The molecule has 0 saturated carbocycles. The molecule has 2 fully saturated rings. The molecule has 1 amide bonds. The van der Waals surface area contributed by atoms with Gasteiger partial charge in [0, 0.05) is 19.1 Å². The van der Waals surface area contributed by atoms with Gasteiger partial charge in [0.05, 0.1) is 29.8 Å². The van der Waals surface area contributed by atoms with Crippen molar-refractivity contribution >= 4 is 27.5 Å². The number of sulfone groups is 1. The molecule has 8 heteroatoms. The molecule has 3 heterocycles. The van der Waals surface area contributed by atoms with Gasteiger partial charge in [-0.1, -0.05) is 0 Å². The molecular weight excluding hydrogens is 336 g/mol. The highest BCUT2D eigenvalue weighted by Crippen LogP contribution is 2.29. The lowest BCUT2D eigenvalue weighted by atomic mass is 10.0. The SMILES string of the molecule is CSCC(=O)N1CCN(Cc2ccc(C)o2)[C@H]2CS(=O)(=O)C[C@H]21. The van der Waals surface area contributed by atoms with Crippen molar-refractivity contribution in [2.24, 2.45) is 0 Å². The van der Waals surface area contributed by atoms with E-state index in [2.05, 4.69) is 4.90 Å². The first kappa shape index (κ1) is 16.9. The summed E-state index contributed by atoms with van der Waals surface area (Å²) in [6.45, 7) is 3.74. The van der Waals surface area contributed by atoms with Crippen molar-refractivity contribution in [3.05, 3.63) is 23.7 Å². The molecule has 0 spiro atoms. The topological polar surface area (TPSA) is 70.8 Å². The highest BCUT2D eigenvalue weighted by molar-refractivity contribution is 7.99. The third-order valence-electron chi connectivity index (χ3n) is 4.53. The summed E-state index contributed by atoms with van der Waals surface area (Å²) < 4.78 is 29.9. The lowest BCUT2D eigenvalue weighted by Crippen LogP contribution is -2.60. The number of hydrogen-bond acceptors (Lipinski definition) is 6. The molecule has 2 aliphatic rings. The van der Waals surface area contributed by atoms with E-state index in [0.717, 1.165) is 11.5 Å². The van der Waals surface area contributed by atoms with Gasteiger partial charge in [0.25, 0.3) is 0 Å². The maximum absolute atomic E-state index is 12.3. The van der Waals surface area contributed by atoms with Gasteiger partial charge in [-0.25, -0.2) is 8.42 Å². The average molecular weight is 358 g/mol. The van der Waals surface area contributed by atoms with Crippen molar-refractivity contribution < 1.29 is 17.6 Å². The minimum atomic E-state index is -3.10. The maximum Gasteiger partial charge on any atom is 0.232 e. The van der Waals surface area contributed by atoms with Crippen molar-refractivity contribution in [2.45, 2.75) is 25.6 Å². The molecule has 1 aromatic rings. The zero-order valence-corrected chi connectivity index (χ0v) is 15.0. The Bertz CT molecular complexity index is 685. The van der Waals surface area contributed by atoms with Crippen LogP contribution in [-0.2, 0) is 21.2 Å². The highest BCUT2D eigenvalue weighted by atomic mass is 32.2. The molecule has 0 aliphatic carbocycles. The van der Waals surface area contributed by atoms with Crippen LogP contribution in [0.5, 0.6) is 0 Å². The van der Waals surface area contributed by atoms with Gasteiger partial charge in [0.1, 0.15) is 11.5 Å². The number of fused-ring (bicyclic) bond motifs is 1. The summed E-state index contributed by atoms with van der Waals surface area (Å²) in [6, 6.07) is 3.48. The van der Waals surface area contributed by atoms with E-state index in [-0.39, 0.29) is 29.5 Å². The van der Waals surface area contributed by atoms with E-state index in [0.29, 0.717) is 25.4 Å². The molecule has 2 atom stereocenters. The predicted molar refractivity (Wildman–Crippen MR) is 90.2 cm³/mol. The van der Waals surface area contributed by atoms with E-state index in [1.165, 1.54) is 11.8 Å². The summed E-state index contributed by atoms with van der Waals surface area (Å²) in [5.74, 6) is 2.34. The number of carbonyl (C=O) groups excluding carboxylic acids is 1. The lowest BCUT2D eigenvalue weighted by molar-refractivity contribution is -0.134. The zero-order valence-electron chi connectivity index (χ0n) is 13.4. The van der Waals surface area contributed by atoms with Crippen LogP contribution >= 0.6 is 11.8 Å². The second-order valence-electron chi connectivity index (χ2n) is 6.21. The van der Waals surface area contributed by atoms with Crippen LogP contribution in [-0.4, -0.2) is 72.8 Å². The fourth-order valence-electron chi connectivity index (χ4n) is 3.51. The van der Waals surface area contributed by atoms with Gasteiger partial charge in [-0.3, -0.25) is 9.69 Å². The molecular formula is C15H22N2O4S2. The molecule has 0 N–H and O–H groups in total. The molecule has 2 aliphatic heterocycles. The molecule has 0 radical (unpaired) electrons. The molecule has 3 rings (SSSR count). The monoisotopic (exact) mass is 358 g/mol. The van der Waals surface area contributed by atoms with Gasteiger partial charge in [-0.2, -0.15) is 11.8 Å². The number of furan rings is 1. The van der Waals surface area contributed by atoms with E-state index in [1.807, 2.05) is 25.3 Å². The largest absolute Gasteiger partial charge is 0.465 e. The van der Waals surface area contributed by atoms with E-state index >= 15 is 0 Å². The lowest BCUT2D eigenvalue weighted by Gasteiger charge is -2.43. The van der Waals surface area contributed by atoms with Gasteiger partial charge in [-0.15, -0.1) is 0 Å². The van der Waals surface area contributed by atoms with Gasteiger partial charge in [0.2, 0.25) is 5.91 Å². The van der Waals surface area contributed by atoms with Crippen LogP contribution in [0.25, 0.3) is 0 Å². The summed E-state index contributed by atoms with van der Waals surface area (Å²) in [7, 11) is -3.10. The number of carbonyl (C=O) groups is 1. The number of thioether (sulfide) groups is 1. The number of hydrogen-bond donors (Lipinski definition) is 0. The van der Waals surface area contributed by atoms with Crippen molar-refractivity contribution in [1.82, 2.24) is 9.80 Å². The molecule has 0 unspecified atom stereocenters. The van der Waals surface area contributed by atoms with Gasteiger partial charge >= 0.3 is 0 Å². The summed E-state index contributed by atoms with van der Waals surface area (Å²) in [5.41, 5.74) is 0. The quantitative estimate of drug-likeness (QED) is 0.791. The van der Waals surface area contributed by atoms with Crippen LogP contribution in [0.3, 0.4) is 0 Å². The van der Waals surface area contributed by atoms with Crippen LogP contribution in [0.1, 0.15) is 11.5 Å². The van der Waals surface area contributed by atoms with Gasteiger partial charge < -0.3 is 9.32 Å². The number of aryl methyl sites for hydroxylation is 1. The molecule has 0 bridgehead atoms. The standard InChI is InChI=1S/C15H22N2O4S2/c1-11-3-4-12(21-11)7-16-5-6-17(15(18)8-22-2)14-10-23(19,20)9-13(14)16/h3-4,13-14H,5-10H2,1-2H3/t13-,14+/m0/s1. The summed E-state index contributed by atoms with van der Waals surface area (Å²) in [5, 5.41) is 0. The van der Waals surface area contributed by atoms with E-state index in [9.17, 15) is 13.2 Å². The highest BCUT2D eigenvalue weighted by Gasteiger charge is 2.47. The van der Waals surface area contributed by atoms with E-state index in [1.54, 1.807) is 4.90 Å². The van der Waals surface area contributed by atoms with Crippen LogP contribution < -0.4 is 0 Å². The first-order valence-electron chi connectivity index (χ1n) is 7.68. The van der Waals surface area contributed by atoms with Crippen LogP contribution in [0.2, 0.25) is 0 Å². The summed E-state index contributed by atoms with van der Waals surface area (Å²) >= 11 is 1.47. The summed E-state index contributed by atoms with van der Waals surface area (Å²) in [4.78, 5) is 16.2. The Hall–Kier alpha value is -0.990. The van der Waals surface area contributed by atoms with Crippen molar-refractivity contribution in [3.8, 4) is 0 Å². The molecule has 23 heavy (non-hydrogen) atoms. The van der Waals surface area contributed by atoms with Crippen molar-refractivity contribution in [3.63, 3.8) is 0 Å². The minimum Gasteiger partial charge on any atom is -0.465 e. The first-order valence-corrected chi connectivity index (χ1v) is 10.9. The second kappa shape index (κ2) is 6.49. The van der Waals surface area contributed by atoms with Gasteiger partial charge in [0.15, 0.2) is 9.84 Å². The Morgan fingerprint density at radius 2 is 2.04 bits per heavy atom. The predicted octanol–water partition coefficient (Wildman–Crippen LogP) is 0.761. The van der Waals surface area contributed by atoms with E-state index < -0.39 is 9.84 Å². The number of amides is 1. The summed E-state index contributed by atoms with van der Waals surface area (Å²) in [6.07, 6.45) is 1.89. The Morgan fingerprint density at radius 1 is 1.30 bits per heavy atom. The van der Waals surface area contributed by atoms with Crippen LogP contribution in [0.15, 0.2) is 16.5 Å². The first-order chi connectivity index (χ1) is 10.9. The normalized spacial score (nSPS) is 27.1.